The van der Waals surface area contributed by atoms with Crippen LogP contribution in [0.4, 0.5) is 4.39 Å². The molecule has 0 amide bonds. The number of halogens is 2. The smallest absolute Gasteiger partial charge is 0.350 e. The van der Waals surface area contributed by atoms with Gasteiger partial charge in [-0.3, -0.25) is 4.57 Å². The van der Waals surface area contributed by atoms with Crippen LogP contribution in [0.1, 0.15) is 0 Å². The second-order valence-corrected chi connectivity index (χ2v) is 4.79. The monoisotopic (exact) mass is 325 g/mol. The molecule has 0 aliphatic rings. The van der Waals surface area contributed by atoms with Gasteiger partial charge in [0.15, 0.2) is 5.82 Å². The van der Waals surface area contributed by atoms with Crippen LogP contribution < -0.4 is 10.4 Å². The molecule has 108 valence electrons. The normalized spacial score (nSPS) is 10.2. The first-order valence-electron chi connectivity index (χ1n) is 5.66. The summed E-state index contributed by atoms with van der Waals surface area (Å²) in [6, 6.07) is 2.28. The van der Waals surface area contributed by atoms with Gasteiger partial charge in [-0.1, -0.05) is 29.7 Å². The van der Waals surface area contributed by atoms with Crippen molar-refractivity contribution in [2.45, 2.75) is 0 Å². The molecule has 1 heterocycles. The Bertz CT molecular complexity index is 854. The van der Waals surface area contributed by atoms with Gasteiger partial charge >= 0.3 is 5.69 Å². The molecule has 0 unspecified atom stereocenters. The Kier molecular flexibility index (Phi) is 4.40. The SMILES string of the molecule is C#CCOc1cc(-n2ncc(=S)n(C)c2=O)c(F)cc1Cl. The molecule has 0 radical (unpaired) electrons. The summed E-state index contributed by atoms with van der Waals surface area (Å²) in [5, 5.41) is 3.87. The minimum Gasteiger partial charge on any atom is -0.479 e. The lowest BCUT2D eigenvalue weighted by molar-refractivity contribution is 0.369. The molecule has 0 bridgehead atoms. The molecular formula is C13H9ClFN3O2S. The van der Waals surface area contributed by atoms with E-state index in [1.807, 2.05) is 0 Å². The van der Waals surface area contributed by atoms with Gasteiger partial charge in [0.05, 0.1) is 11.2 Å². The molecule has 0 saturated carbocycles. The van der Waals surface area contributed by atoms with Crippen molar-refractivity contribution in [3.8, 4) is 23.8 Å². The summed E-state index contributed by atoms with van der Waals surface area (Å²) in [5.41, 5.74) is -0.700. The van der Waals surface area contributed by atoms with Crippen LogP contribution in [-0.4, -0.2) is 21.0 Å². The summed E-state index contributed by atoms with van der Waals surface area (Å²) in [5.74, 6) is 1.70. The fraction of sp³-hybridized carbons (Fsp3) is 0.154. The zero-order chi connectivity index (χ0) is 15.6. The van der Waals surface area contributed by atoms with E-state index in [9.17, 15) is 9.18 Å². The molecule has 5 nitrogen and oxygen atoms in total. The van der Waals surface area contributed by atoms with Crippen molar-refractivity contribution in [2.24, 2.45) is 7.05 Å². The van der Waals surface area contributed by atoms with E-state index in [2.05, 4.69) is 11.0 Å². The predicted molar refractivity (Wildman–Crippen MR) is 78.9 cm³/mol. The third-order valence-corrected chi connectivity index (χ3v) is 3.30. The number of nitrogens with zero attached hydrogens (tertiary/aromatic N) is 3. The zero-order valence-corrected chi connectivity index (χ0v) is 12.4. The third-order valence-electron chi connectivity index (χ3n) is 2.62. The van der Waals surface area contributed by atoms with E-state index < -0.39 is 11.5 Å². The average molecular weight is 326 g/mol. The maximum absolute atomic E-state index is 14.0. The van der Waals surface area contributed by atoms with Gasteiger partial charge in [-0.2, -0.15) is 9.78 Å². The van der Waals surface area contributed by atoms with E-state index in [0.717, 1.165) is 10.7 Å². The lowest BCUT2D eigenvalue weighted by Crippen LogP contribution is -2.30. The van der Waals surface area contributed by atoms with Crippen LogP contribution in [-0.2, 0) is 7.05 Å². The summed E-state index contributed by atoms with van der Waals surface area (Å²) in [7, 11) is 1.46. The van der Waals surface area contributed by atoms with Gasteiger partial charge in [-0.05, 0) is 6.07 Å². The molecule has 0 atom stereocenters. The topological polar surface area (TPSA) is 49.0 Å². The Morgan fingerprint density at radius 1 is 1.57 bits per heavy atom. The first-order valence-corrected chi connectivity index (χ1v) is 6.45. The molecule has 21 heavy (non-hydrogen) atoms. The minimum atomic E-state index is -0.722. The Hall–Kier alpha value is -2.17. The lowest BCUT2D eigenvalue weighted by Gasteiger charge is -2.11. The molecule has 0 fully saturated rings. The average Bonchev–Trinajstić information content (AvgIpc) is 2.45. The highest BCUT2D eigenvalue weighted by Crippen LogP contribution is 2.28. The molecule has 0 N–H and O–H groups in total. The molecule has 1 aromatic carbocycles. The van der Waals surface area contributed by atoms with Crippen molar-refractivity contribution in [1.82, 2.24) is 14.3 Å². The largest absolute Gasteiger partial charge is 0.479 e. The van der Waals surface area contributed by atoms with Crippen molar-refractivity contribution >= 4 is 23.8 Å². The van der Waals surface area contributed by atoms with E-state index >= 15 is 0 Å². The number of terminal acetylenes is 1. The Morgan fingerprint density at radius 2 is 2.29 bits per heavy atom. The number of aromatic nitrogens is 3. The van der Waals surface area contributed by atoms with Gasteiger partial charge in [0.1, 0.15) is 22.7 Å². The highest BCUT2D eigenvalue weighted by Gasteiger charge is 2.14. The van der Waals surface area contributed by atoms with Crippen LogP contribution >= 0.6 is 23.8 Å². The second kappa shape index (κ2) is 6.08. The highest BCUT2D eigenvalue weighted by atomic mass is 35.5. The summed E-state index contributed by atoms with van der Waals surface area (Å²) in [6.07, 6.45) is 6.36. The van der Waals surface area contributed by atoms with Crippen molar-refractivity contribution in [3.05, 3.63) is 44.3 Å². The first-order chi connectivity index (χ1) is 9.95. The fourth-order valence-corrected chi connectivity index (χ4v) is 1.89. The number of hydrogen-bond donors (Lipinski definition) is 0. The van der Waals surface area contributed by atoms with E-state index in [-0.39, 0.29) is 27.7 Å². The van der Waals surface area contributed by atoms with Crippen molar-refractivity contribution < 1.29 is 9.13 Å². The van der Waals surface area contributed by atoms with Crippen LogP contribution in [0.2, 0.25) is 5.02 Å². The summed E-state index contributed by atoms with van der Waals surface area (Å²) in [6.45, 7) is -0.0357. The molecule has 1 aromatic heterocycles. The van der Waals surface area contributed by atoms with Crippen LogP contribution in [0.15, 0.2) is 23.1 Å². The molecule has 2 rings (SSSR count). The van der Waals surface area contributed by atoms with E-state index in [0.29, 0.717) is 0 Å². The number of rotatable bonds is 3. The molecule has 0 aliphatic heterocycles. The molecule has 8 heteroatoms. The van der Waals surface area contributed by atoms with Crippen LogP contribution in [0.5, 0.6) is 5.75 Å². The molecule has 0 saturated heterocycles. The third kappa shape index (κ3) is 2.96. The van der Waals surface area contributed by atoms with Gasteiger partial charge in [-0.25, -0.2) is 9.18 Å². The van der Waals surface area contributed by atoms with E-state index in [1.165, 1.54) is 23.9 Å². The highest BCUT2D eigenvalue weighted by molar-refractivity contribution is 7.71. The van der Waals surface area contributed by atoms with Crippen molar-refractivity contribution in [1.29, 1.82) is 0 Å². The summed E-state index contributed by atoms with van der Waals surface area (Å²) in [4.78, 5) is 12.1. The second-order valence-electron chi connectivity index (χ2n) is 3.96. The minimum absolute atomic E-state index is 0.0357. The maximum atomic E-state index is 14.0. The zero-order valence-electron chi connectivity index (χ0n) is 10.8. The van der Waals surface area contributed by atoms with Gasteiger partial charge in [0.2, 0.25) is 0 Å². The fourth-order valence-electron chi connectivity index (χ4n) is 1.56. The van der Waals surface area contributed by atoms with Gasteiger partial charge < -0.3 is 4.74 Å². The maximum Gasteiger partial charge on any atom is 0.350 e. The molecule has 0 spiro atoms. The van der Waals surface area contributed by atoms with E-state index in [4.69, 9.17) is 35.0 Å². The van der Waals surface area contributed by atoms with Crippen molar-refractivity contribution in [2.75, 3.05) is 6.61 Å². The van der Waals surface area contributed by atoms with Crippen LogP contribution in [0, 0.1) is 22.8 Å². The molecule has 2 aromatic rings. The Balaban J connectivity index is 2.65. The quantitative estimate of drug-likeness (QED) is 0.640. The lowest BCUT2D eigenvalue weighted by atomic mass is 10.3. The van der Waals surface area contributed by atoms with Crippen molar-refractivity contribution in [3.63, 3.8) is 0 Å². The van der Waals surface area contributed by atoms with Gasteiger partial charge in [0, 0.05) is 13.1 Å². The number of benzene rings is 1. The summed E-state index contributed by atoms with van der Waals surface area (Å²) < 4.78 is 21.5. The van der Waals surface area contributed by atoms with E-state index in [1.54, 1.807) is 0 Å². The standard InChI is InChI=1S/C13H9ClFN3O2S/c1-3-4-20-11-6-10(9(15)5-8(11)14)18-13(19)17(2)12(21)7-16-18/h1,5-7H,4H2,2H3. The van der Waals surface area contributed by atoms with Crippen LogP contribution in [0.25, 0.3) is 5.69 Å². The van der Waals surface area contributed by atoms with Gasteiger partial charge in [0.25, 0.3) is 0 Å². The summed E-state index contributed by atoms with van der Waals surface area (Å²) >= 11 is 10.8. The molecular weight excluding hydrogens is 317 g/mol. The predicted octanol–water partition coefficient (Wildman–Crippen LogP) is 2.10. The Labute approximate surface area is 129 Å². The first kappa shape index (κ1) is 15.2. The van der Waals surface area contributed by atoms with Gasteiger partial charge in [-0.15, -0.1) is 6.42 Å². The number of ether oxygens (including phenoxy) is 1. The number of hydrogen-bond acceptors (Lipinski definition) is 4. The van der Waals surface area contributed by atoms with Crippen LogP contribution in [0.3, 0.4) is 0 Å². The Morgan fingerprint density at radius 3 is 2.95 bits per heavy atom. The molecule has 0 aliphatic carbocycles.